The van der Waals surface area contributed by atoms with Gasteiger partial charge in [-0.15, -0.1) is 6.58 Å². The summed E-state index contributed by atoms with van der Waals surface area (Å²) in [4.78, 5) is 22.3. The summed E-state index contributed by atoms with van der Waals surface area (Å²) in [5, 5.41) is 11.1. The van der Waals surface area contributed by atoms with Crippen LogP contribution in [-0.4, -0.2) is 29.7 Å². The van der Waals surface area contributed by atoms with Crippen molar-refractivity contribution in [3.05, 3.63) is 42.2 Å². The van der Waals surface area contributed by atoms with Gasteiger partial charge in [-0.05, 0) is 31.0 Å². The van der Waals surface area contributed by atoms with Crippen LogP contribution in [0.1, 0.15) is 18.9 Å². The third-order valence-electron chi connectivity index (χ3n) is 2.72. The van der Waals surface area contributed by atoms with Crippen molar-refractivity contribution >= 4 is 17.6 Å². The number of halogens is 1. The largest absolute Gasteiger partial charge is 0.481 e. The molecule has 0 bridgehead atoms. The summed E-state index contributed by atoms with van der Waals surface area (Å²) < 4.78 is 18.9. The maximum absolute atomic E-state index is 13.7. The fraction of sp³-hybridized carbons (Fsp3) is 0.333. The summed E-state index contributed by atoms with van der Waals surface area (Å²) in [5.41, 5.74) is 0.321. The number of anilines is 1. The fourth-order valence-corrected chi connectivity index (χ4v) is 1.58. The lowest BCUT2D eigenvalue weighted by Crippen LogP contribution is -2.28. The van der Waals surface area contributed by atoms with Gasteiger partial charge in [0.25, 0.3) is 5.91 Å². The zero-order valence-corrected chi connectivity index (χ0v) is 11.8. The van der Waals surface area contributed by atoms with Crippen molar-refractivity contribution < 1.29 is 23.8 Å². The quantitative estimate of drug-likeness (QED) is 0.570. The molecule has 0 aliphatic carbocycles. The van der Waals surface area contributed by atoms with Gasteiger partial charge in [-0.3, -0.25) is 9.59 Å². The van der Waals surface area contributed by atoms with E-state index in [-0.39, 0.29) is 11.3 Å². The molecule has 114 valence electrons. The standard InChI is InChI=1S/C15H18FNO4/c1-3-4-7-21-10(2)15(20)17-12-6-5-11(8-14(18)19)13(16)9-12/h3,5-6,9-10H,1,4,7-8H2,2H3,(H,17,20)(H,18,19). The molecule has 6 heteroatoms. The van der Waals surface area contributed by atoms with Crippen LogP contribution in [0.4, 0.5) is 10.1 Å². The Morgan fingerprint density at radius 2 is 2.24 bits per heavy atom. The second-order valence-corrected chi connectivity index (χ2v) is 4.46. The normalized spacial score (nSPS) is 11.7. The molecule has 1 aromatic rings. The molecule has 0 aromatic heterocycles. The molecule has 21 heavy (non-hydrogen) atoms. The Labute approximate surface area is 122 Å². The third-order valence-corrected chi connectivity index (χ3v) is 2.72. The molecule has 0 spiro atoms. The van der Waals surface area contributed by atoms with Crippen LogP contribution in [-0.2, 0) is 20.7 Å². The lowest BCUT2D eigenvalue weighted by molar-refractivity contribution is -0.136. The summed E-state index contributed by atoms with van der Waals surface area (Å²) in [5.74, 6) is -2.19. The van der Waals surface area contributed by atoms with Crippen molar-refractivity contribution in [2.75, 3.05) is 11.9 Å². The topological polar surface area (TPSA) is 75.6 Å². The number of carbonyl (C=O) groups excluding carboxylic acids is 1. The first-order chi connectivity index (χ1) is 9.93. The Morgan fingerprint density at radius 3 is 2.81 bits per heavy atom. The number of rotatable bonds is 8. The SMILES string of the molecule is C=CCCOC(C)C(=O)Nc1ccc(CC(=O)O)c(F)c1. The number of aliphatic carboxylic acids is 1. The average Bonchev–Trinajstić information content (AvgIpc) is 2.41. The molecule has 5 nitrogen and oxygen atoms in total. The highest BCUT2D eigenvalue weighted by atomic mass is 19.1. The van der Waals surface area contributed by atoms with Crippen molar-refractivity contribution in [3.63, 3.8) is 0 Å². The fourth-order valence-electron chi connectivity index (χ4n) is 1.58. The molecule has 0 heterocycles. The highest BCUT2D eigenvalue weighted by Gasteiger charge is 2.14. The van der Waals surface area contributed by atoms with Gasteiger partial charge in [0.1, 0.15) is 11.9 Å². The summed E-state index contributed by atoms with van der Waals surface area (Å²) >= 11 is 0. The Hall–Kier alpha value is -2.21. The second kappa shape index (κ2) is 8.16. The number of benzene rings is 1. The molecule has 0 saturated carbocycles. The van der Waals surface area contributed by atoms with E-state index in [0.29, 0.717) is 13.0 Å². The smallest absolute Gasteiger partial charge is 0.307 e. The predicted octanol–water partition coefficient (Wildman–Crippen LogP) is 2.37. The van der Waals surface area contributed by atoms with Gasteiger partial charge in [-0.2, -0.15) is 0 Å². The van der Waals surface area contributed by atoms with Crippen molar-refractivity contribution in [3.8, 4) is 0 Å². The Kier molecular flexibility index (Phi) is 6.55. The monoisotopic (exact) mass is 295 g/mol. The van der Waals surface area contributed by atoms with Gasteiger partial charge in [-0.1, -0.05) is 12.1 Å². The average molecular weight is 295 g/mol. The molecule has 1 unspecified atom stereocenters. The number of nitrogens with one attached hydrogen (secondary N) is 1. The molecule has 0 saturated heterocycles. The number of carboxylic acids is 1. The highest BCUT2D eigenvalue weighted by molar-refractivity contribution is 5.93. The van der Waals surface area contributed by atoms with E-state index in [2.05, 4.69) is 11.9 Å². The van der Waals surface area contributed by atoms with Crippen molar-refractivity contribution in [2.45, 2.75) is 25.9 Å². The Balaban J connectivity index is 2.62. The summed E-state index contributed by atoms with van der Waals surface area (Å²) in [6.07, 6.45) is 1.24. The minimum atomic E-state index is -1.12. The number of ether oxygens (including phenoxy) is 1. The Morgan fingerprint density at radius 1 is 1.52 bits per heavy atom. The Bertz CT molecular complexity index is 530. The first-order valence-corrected chi connectivity index (χ1v) is 6.47. The first kappa shape index (κ1) is 16.8. The molecule has 0 aliphatic heterocycles. The number of amides is 1. The zero-order valence-electron chi connectivity index (χ0n) is 11.8. The molecular formula is C15H18FNO4. The number of hydrogen-bond acceptors (Lipinski definition) is 3. The van der Waals surface area contributed by atoms with Crippen LogP contribution >= 0.6 is 0 Å². The van der Waals surface area contributed by atoms with Crippen LogP contribution in [0, 0.1) is 5.82 Å². The van der Waals surface area contributed by atoms with Crippen molar-refractivity contribution in [2.24, 2.45) is 0 Å². The molecule has 1 aromatic carbocycles. The number of carboxylic acid groups (broad SMARTS) is 1. The number of hydrogen-bond donors (Lipinski definition) is 2. The summed E-state index contributed by atoms with van der Waals surface area (Å²) in [7, 11) is 0. The van der Waals surface area contributed by atoms with E-state index in [9.17, 15) is 14.0 Å². The van der Waals surface area contributed by atoms with Crippen LogP contribution in [0.3, 0.4) is 0 Å². The third kappa shape index (κ3) is 5.74. The first-order valence-electron chi connectivity index (χ1n) is 6.47. The molecule has 2 N–H and O–H groups in total. The van der Waals surface area contributed by atoms with Gasteiger partial charge in [0.2, 0.25) is 0 Å². The van der Waals surface area contributed by atoms with E-state index in [1.54, 1.807) is 13.0 Å². The van der Waals surface area contributed by atoms with Gasteiger partial charge in [0.05, 0.1) is 13.0 Å². The van der Waals surface area contributed by atoms with Gasteiger partial charge in [0.15, 0.2) is 0 Å². The maximum Gasteiger partial charge on any atom is 0.307 e. The molecule has 1 atom stereocenters. The number of carbonyl (C=O) groups is 2. The molecule has 0 fully saturated rings. The maximum atomic E-state index is 13.7. The van der Waals surface area contributed by atoms with Crippen molar-refractivity contribution in [1.29, 1.82) is 0 Å². The van der Waals surface area contributed by atoms with Crippen molar-refractivity contribution in [1.82, 2.24) is 0 Å². The van der Waals surface area contributed by atoms with E-state index in [4.69, 9.17) is 9.84 Å². The van der Waals surface area contributed by atoms with E-state index >= 15 is 0 Å². The van der Waals surface area contributed by atoms with E-state index in [1.807, 2.05) is 0 Å². The molecule has 0 aliphatic rings. The minimum Gasteiger partial charge on any atom is -0.481 e. The van der Waals surface area contributed by atoms with E-state index < -0.39 is 30.2 Å². The van der Waals surface area contributed by atoms with Crippen LogP contribution in [0.25, 0.3) is 0 Å². The lowest BCUT2D eigenvalue weighted by Gasteiger charge is -2.13. The van der Waals surface area contributed by atoms with Gasteiger partial charge in [0, 0.05) is 5.69 Å². The van der Waals surface area contributed by atoms with Gasteiger partial charge >= 0.3 is 5.97 Å². The molecule has 1 rings (SSSR count). The van der Waals surface area contributed by atoms with E-state index in [1.165, 1.54) is 12.1 Å². The van der Waals surface area contributed by atoms with E-state index in [0.717, 1.165) is 6.07 Å². The van der Waals surface area contributed by atoms with Crippen LogP contribution in [0.2, 0.25) is 0 Å². The van der Waals surface area contributed by atoms with Crippen LogP contribution < -0.4 is 5.32 Å². The second-order valence-electron chi connectivity index (χ2n) is 4.46. The zero-order chi connectivity index (χ0) is 15.8. The van der Waals surface area contributed by atoms with Crippen LogP contribution in [0.5, 0.6) is 0 Å². The predicted molar refractivity (Wildman–Crippen MR) is 76.6 cm³/mol. The minimum absolute atomic E-state index is 0.0655. The molecule has 0 radical (unpaired) electrons. The lowest BCUT2D eigenvalue weighted by atomic mass is 10.1. The van der Waals surface area contributed by atoms with Crippen LogP contribution in [0.15, 0.2) is 30.9 Å². The van der Waals surface area contributed by atoms with Gasteiger partial charge in [-0.25, -0.2) is 4.39 Å². The molecule has 1 amide bonds. The molecular weight excluding hydrogens is 277 g/mol. The summed E-state index contributed by atoms with van der Waals surface area (Å²) in [6.45, 7) is 5.51. The highest BCUT2D eigenvalue weighted by Crippen LogP contribution is 2.15. The summed E-state index contributed by atoms with van der Waals surface area (Å²) in [6, 6.07) is 3.88. The van der Waals surface area contributed by atoms with Gasteiger partial charge < -0.3 is 15.2 Å².